The average molecular weight is 350 g/mol. The largest absolute Gasteiger partial charge is 0.394 e. The highest BCUT2D eigenvalue weighted by Gasteiger charge is 2.24. The van der Waals surface area contributed by atoms with Crippen molar-refractivity contribution in [2.24, 2.45) is 0 Å². The third-order valence-electron chi connectivity index (χ3n) is 4.89. The van der Waals surface area contributed by atoms with E-state index < -0.39 is 0 Å². The number of rotatable bonds is 7. The number of hydrogen-bond donors (Lipinski definition) is 1. The van der Waals surface area contributed by atoms with Gasteiger partial charge in [-0.2, -0.15) is 0 Å². The van der Waals surface area contributed by atoms with Crippen LogP contribution >= 0.6 is 0 Å². The minimum atomic E-state index is 0.0904. The van der Waals surface area contributed by atoms with Gasteiger partial charge in [-0.25, -0.2) is 9.97 Å². The molecule has 140 valence electrons. The van der Waals surface area contributed by atoms with Crippen molar-refractivity contribution in [1.29, 1.82) is 0 Å². The molecule has 0 aromatic carbocycles. The Morgan fingerprint density at radius 3 is 2.88 bits per heavy atom. The lowest BCUT2D eigenvalue weighted by atomic mass is 9.94. The maximum atomic E-state index is 8.79. The van der Waals surface area contributed by atoms with Gasteiger partial charge in [-0.3, -0.25) is 0 Å². The second-order valence-electron chi connectivity index (χ2n) is 6.77. The number of aliphatic hydroxyl groups is 1. The van der Waals surface area contributed by atoms with Gasteiger partial charge < -0.3 is 24.4 Å². The fraction of sp³-hybridized carbons (Fsp3) is 0.778. The molecular weight excluding hydrogens is 320 g/mol. The standard InChI is InChI=1S/C18H30N4O3/c1-15-19-17(13-18(20-15)22-6-10-24-11-7-22)16-3-2-4-21(14-16)5-9-25-12-8-23/h13,16,23H,2-12,14H2,1H3/t16-/m1/s1. The van der Waals surface area contributed by atoms with Gasteiger partial charge in [-0.05, 0) is 26.3 Å². The molecule has 0 amide bonds. The molecule has 0 unspecified atom stereocenters. The van der Waals surface area contributed by atoms with Crippen LogP contribution < -0.4 is 4.90 Å². The molecule has 25 heavy (non-hydrogen) atoms. The Morgan fingerprint density at radius 1 is 1.24 bits per heavy atom. The fourth-order valence-electron chi connectivity index (χ4n) is 3.60. The molecule has 2 fully saturated rings. The molecule has 0 bridgehead atoms. The normalized spacial score (nSPS) is 22.3. The molecule has 3 heterocycles. The zero-order valence-electron chi connectivity index (χ0n) is 15.2. The molecule has 1 N–H and O–H groups in total. The Bertz CT molecular complexity index is 537. The number of piperidine rings is 1. The molecule has 2 saturated heterocycles. The van der Waals surface area contributed by atoms with E-state index in [2.05, 4.69) is 20.9 Å². The van der Waals surface area contributed by atoms with Crippen LogP contribution in [0.4, 0.5) is 5.82 Å². The summed E-state index contributed by atoms with van der Waals surface area (Å²) < 4.78 is 10.9. The van der Waals surface area contributed by atoms with E-state index in [0.29, 0.717) is 19.1 Å². The van der Waals surface area contributed by atoms with Crippen molar-refractivity contribution in [3.8, 4) is 0 Å². The number of anilines is 1. The second-order valence-corrected chi connectivity index (χ2v) is 6.77. The fourth-order valence-corrected chi connectivity index (χ4v) is 3.60. The summed E-state index contributed by atoms with van der Waals surface area (Å²) in [5, 5.41) is 8.79. The van der Waals surface area contributed by atoms with Crippen LogP contribution in [0.3, 0.4) is 0 Å². The summed E-state index contributed by atoms with van der Waals surface area (Å²) >= 11 is 0. The number of ether oxygens (including phenoxy) is 2. The first-order valence-corrected chi connectivity index (χ1v) is 9.35. The summed E-state index contributed by atoms with van der Waals surface area (Å²) in [5.41, 5.74) is 1.16. The maximum absolute atomic E-state index is 8.79. The number of aliphatic hydroxyl groups excluding tert-OH is 1. The first kappa shape index (κ1) is 18.5. The van der Waals surface area contributed by atoms with Crippen LogP contribution in [0.1, 0.15) is 30.3 Å². The van der Waals surface area contributed by atoms with E-state index >= 15 is 0 Å². The molecule has 1 aromatic rings. The van der Waals surface area contributed by atoms with E-state index in [4.69, 9.17) is 19.6 Å². The molecule has 0 spiro atoms. The molecule has 3 rings (SSSR count). The van der Waals surface area contributed by atoms with E-state index in [9.17, 15) is 0 Å². The molecule has 0 radical (unpaired) electrons. The van der Waals surface area contributed by atoms with Gasteiger partial charge in [0.15, 0.2) is 0 Å². The lowest BCUT2D eigenvalue weighted by Crippen LogP contribution is -2.38. The van der Waals surface area contributed by atoms with Crippen molar-refractivity contribution in [1.82, 2.24) is 14.9 Å². The Hall–Kier alpha value is -1.28. The Kier molecular flexibility index (Phi) is 6.98. The average Bonchev–Trinajstić information content (AvgIpc) is 2.66. The number of nitrogens with zero attached hydrogens (tertiary/aromatic N) is 4. The summed E-state index contributed by atoms with van der Waals surface area (Å²) in [5.74, 6) is 2.34. The van der Waals surface area contributed by atoms with Crippen LogP contribution in [-0.4, -0.2) is 85.7 Å². The Morgan fingerprint density at radius 2 is 2.08 bits per heavy atom. The molecule has 7 nitrogen and oxygen atoms in total. The highest BCUT2D eigenvalue weighted by Crippen LogP contribution is 2.27. The SMILES string of the molecule is Cc1nc([C@@H]2CCCN(CCOCCO)C2)cc(N2CCOCC2)n1. The number of aryl methyl sites for hydroxylation is 1. The van der Waals surface area contributed by atoms with Gasteiger partial charge in [0.05, 0.1) is 38.7 Å². The first-order chi connectivity index (χ1) is 12.3. The van der Waals surface area contributed by atoms with Gasteiger partial charge in [0.25, 0.3) is 0 Å². The van der Waals surface area contributed by atoms with Gasteiger partial charge in [0.1, 0.15) is 11.6 Å². The Labute approximate surface area is 150 Å². The van der Waals surface area contributed by atoms with E-state index in [-0.39, 0.29) is 6.61 Å². The minimum absolute atomic E-state index is 0.0904. The quantitative estimate of drug-likeness (QED) is 0.730. The lowest BCUT2D eigenvalue weighted by Gasteiger charge is -2.33. The van der Waals surface area contributed by atoms with Gasteiger partial charge in [0, 0.05) is 38.2 Å². The molecule has 0 saturated carbocycles. The van der Waals surface area contributed by atoms with Crippen LogP contribution in [0.25, 0.3) is 0 Å². The van der Waals surface area contributed by atoms with Gasteiger partial charge in [-0.15, -0.1) is 0 Å². The molecule has 2 aliphatic heterocycles. The summed E-state index contributed by atoms with van der Waals surface area (Å²) in [6.45, 7) is 9.54. The summed E-state index contributed by atoms with van der Waals surface area (Å²) in [7, 11) is 0. The topological polar surface area (TPSA) is 71.0 Å². The monoisotopic (exact) mass is 350 g/mol. The third kappa shape index (κ3) is 5.34. The number of aromatic nitrogens is 2. The zero-order valence-corrected chi connectivity index (χ0v) is 15.2. The summed E-state index contributed by atoms with van der Waals surface area (Å²) in [6, 6.07) is 2.18. The molecule has 0 aliphatic carbocycles. The van der Waals surface area contributed by atoms with Gasteiger partial charge >= 0.3 is 0 Å². The highest BCUT2D eigenvalue weighted by molar-refractivity contribution is 5.41. The van der Waals surface area contributed by atoms with Crippen LogP contribution in [0, 0.1) is 6.92 Å². The van der Waals surface area contributed by atoms with Gasteiger partial charge in [-0.1, -0.05) is 0 Å². The van der Waals surface area contributed by atoms with Crippen molar-refractivity contribution >= 4 is 5.82 Å². The first-order valence-electron chi connectivity index (χ1n) is 9.35. The van der Waals surface area contributed by atoms with Crippen molar-refractivity contribution in [3.63, 3.8) is 0 Å². The van der Waals surface area contributed by atoms with Crippen molar-refractivity contribution in [3.05, 3.63) is 17.6 Å². The summed E-state index contributed by atoms with van der Waals surface area (Å²) in [4.78, 5) is 14.1. The summed E-state index contributed by atoms with van der Waals surface area (Å²) in [6.07, 6.45) is 2.35. The molecule has 2 aliphatic rings. The third-order valence-corrected chi connectivity index (χ3v) is 4.89. The van der Waals surface area contributed by atoms with E-state index in [1.54, 1.807) is 0 Å². The van der Waals surface area contributed by atoms with E-state index in [0.717, 1.165) is 63.3 Å². The Balaban J connectivity index is 1.62. The smallest absolute Gasteiger partial charge is 0.132 e. The zero-order chi connectivity index (χ0) is 17.5. The van der Waals surface area contributed by atoms with E-state index in [1.807, 2.05) is 6.92 Å². The van der Waals surface area contributed by atoms with Crippen LogP contribution in [0.15, 0.2) is 6.07 Å². The molecular formula is C18H30N4O3. The minimum Gasteiger partial charge on any atom is -0.394 e. The van der Waals surface area contributed by atoms with Gasteiger partial charge in [0.2, 0.25) is 0 Å². The van der Waals surface area contributed by atoms with Crippen LogP contribution in [0.2, 0.25) is 0 Å². The highest BCUT2D eigenvalue weighted by atomic mass is 16.5. The predicted molar refractivity (Wildman–Crippen MR) is 96.1 cm³/mol. The molecule has 1 atom stereocenters. The number of likely N-dealkylation sites (tertiary alicyclic amines) is 1. The predicted octanol–water partition coefficient (Wildman–Crippen LogP) is 0.810. The van der Waals surface area contributed by atoms with Crippen molar-refractivity contribution in [2.75, 3.05) is 70.7 Å². The second kappa shape index (κ2) is 9.43. The maximum Gasteiger partial charge on any atom is 0.132 e. The van der Waals surface area contributed by atoms with E-state index in [1.165, 1.54) is 12.8 Å². The number of hydrogen-bond acceptors (Lipinski definition) is 7. The molecule has 1 aromatic heterocycles. The van der Waals surface area contributed by atoms with Crippen LogP contribution in [-0.2, 0) is 9.47 Å². The van der Waals surface area contributed by atoms with Crippen molar-refractivity contribution in [2.45, 2.75) is 25.7 Å². The van der Waals surface area contributed by atoms with Crippen molar-refractivity contribution < 1.29 is 14.6 Å². The lowest BCUT2D eigenvalue weighted by molar-refractivity contribution is 0.0670. The molecule has 7 heteroatoms. The van der Waals surface area contributed by atoms with Crippen LogP contribution in [0.5, 0.6) is 0 Å². The number of morpholine rings is 1.